The first kappa shape index (κ1) is 13.9. The molecule has 0 atom stereocenters. The lowest BCUT2D eigenvalue weighted by atomic mass is 10.2. The number of imidazole rings is 1. The van der Waals surface area contributed by atoms with Crippen molar-refractivity contribution in [2.75, 3.05) is 6.26 Å². The van der Waals surface area contributed by atoms with E-state index < -0.39 is 21.5 Å². The van der Waals surface area contributed by atoms with Crippen LogP contribution in [0.25, 0.3) is 0 Å². The number of hydrogen-bond donors (Lipinski definition) is 1. The Morgan fingerprint density at radius 3 is 2.47 bits per heavy atom. The number of amides is 1. The predicted octanol–water partition coefficient (Wildman–Crippen LogP) is 1.06. The van der Waals surface area contributed by atoms with E-state index in [4.69, 9.17) is 4.74 Å². The number of nitrogens with zero attached hydrogens (tertiary/aromatic N) is 2. The molecule has 7 nitrogen and oxygen atoms in total. The van der Waals surface area contributed by atoms with Gasteiger partial charge in [-0.2, -0.15) is 0 Å². The maximum absolute atomic E-state index is 11.9. The molecule has 2 rings (SSSR count). The molecule has 0 spiro atoms. The van der Waals surface area contributed by atoms with Crippen LogP contribution in [-0.2, 0) is 27.7 Å². The van der Waals surface area contributed by atoms with E-state index in [9.17, 15) is 13.2 Å². The van der Waals surface area contributed by atoms with Gasteiger partial charge in [0.1, 0.15) is 5.60 Å². The van der Waals surface area contributed by atoms with E-state index in [-0.39, 0.29) is 18.2 Å². The van der Waals surface area contributed by atoms with Crippen LogP contribution < -0.4 is 0 Å². The van der Waals surface area contributed by atoms with Crippen molar-refractivity contribution in [1.82, 2.24) is 14.9 Å². The first-order chi connectivity index (χ1) is 8.56. The lowest BCUT2D eigenvalue weighted by molar-refractivity contribution is 0.0238. The molecule has 0 aliphatic carbocycles. The van der Waals surface area contributed by atoms with E-state index in [1.807, 2.05) is 0 Å². The largest absolute Gasteiger partial charge is 0.444 e. The van der Waals surface area contributed by atoms with Gasteiger partial charge in [-0.25, -0.2) is 18.2 Å². The summed E-state index contributed by atoms with van der Waals surface area (Å²) in [5.74, 6) is 0. The summed E-state index contributed by atoms with van der Waals surface area (Å²) in [6.07, 6.45) is 0.659. The molecule has 0 saturated heterocycles. The molecule has 0 fully saturated rings. The van der Waals surface area contributed by atoms with Gasteiger partial charge >= 0.3 is 6.09 Å². The lowest BCUT2D eigenvalue weighted by Gasteiger charge is -2.24. The third kappa shape index (κ3) is 3.06. The number of H-pyrrole nitrogens is 1. The van der Waals surface area contributed by atoms with Crippen molar-refractivity contribution in [2.45, 2.75) is 44.6 Å². The van der Waals surface area contributed by atoms with Crippen LogP contribution >= 0.6 is 0 Å². The molecular weight excluding hydrogens is 270 g/mol. The molecule has 1 aliphatic heterocycles. The summed E-state index contributed by atoms with van der Waals surface area (Å²) in [6, 6.07) is 0. The van der Waals surface area contributed by atoms with Crippen LogP contribution in [-0.4, -0.2) is 41.2 Å². The summed E-state index contributed by atoms with van der Waals surface area (Å²) in [5, 5.41) is -0.0543. The number of aromatic amines is 1. The fraction of sp³-hybridized carbons (Fsp3) is 0.636. The third-order valence-electron chi connectivity index (χ3n) is 2.54. The minimum absolute atomic E-state index is 0.0543. The first-order valence-corrected chi connectivity index (χ1v) is 7.71. The zero-order chi connectivity index (χ0) is 14.4. The Labute approximate surface area is 111 Å². The molecule has 0 unspecified atom stereocenters. The second kappa shape index (κ2) is 4.22. The Balaban J connectivity index is 2.10. The summed E-state index contributed by atoms with van der Waals surface area (Å²) >= 11 is 0. The predicted molar refractivity (Wildman–Crippen MR) is 67.2 cm³/mol. The second-order valence-corrected chi connectivity index (χ2v) is 7.51. The number of ether oxygens (including phenoxy) is 1. The van der Waals surface area contributed by atoms with E-state index in [1.54, 1.807) is 20.8 Å². The standard InChI is InChI=1S/C11H17N3O4S/c1-11(2,3)18-10(15)14-5-7-8(6-14)13-9(12-7)19(4,16)17/h5-6H2,1-4H3,(H,12,13). The van der Waals surface area contributed by atoms with Gasteiger partial charge < -0.3 is 9.72 Å². The molecular formula is C11H17N3O4S. The molecule has 19 heavy (non-hydrogen) atoms. The zero-order valence-corrected chi connectivity index (χ0v) is 12.2. The van der Waals surface area contributed by atoms with Gasteiger partial charge in [0.2, 0.25) is 15.0 Å². The monoisotopic (exact) mass is 287 g/mol. The Hall–Kier alpha value is -1.57. The van der Waals surface area contributed by atoms with Gasteiger partial charge in [-0.15, -0.1) is 0 Å². The molecule has 0 saturated carbocycles. The number of nitrogens with one attached hydrogen (secondary N) is 1. The molecule has 1 aromatic heterocycles. The highest BCUT2D eigenvalue weighted by Gasteiger charge is 2.31. The van der Waals surface area contributed by atoms with Crippen molar-refractivity contribution in [1.29, 1.82) is 0 Å². The highest BCUT2D eigenvalue weighted by atomic mass is 32.2. The lowest BCUT2D eigenvalue weighted by Crippen LogP contribution is -2.33. The van der Waals surface area contributed by atoms with E-state index >= 15 is 0 Å². The molecule has 0 radical (unpaired) electrons. The van der Waals surface area contributed by atoms with Crippen LogP contribution in [0.4, 0.5) is 4.79 Å². The zero-order valence-electron chi connectivity index (χ0n) is 11.3. The summed E-state index contributed by atoms with van der Waals surface area (Å²) in [6.45, 7) is 5.92. The number of aromatic nitrogens is 2. The minimum atomic E-state index is -3.35. The Kier molecular flexibility index (Phi) is 3.08. The maximum atomic E-state index is 11.9. The summed E-state index contributed by atoms with van der Waals surface area (Å²) < 4.78 is 27.9. The number of carbonyl (C=O) groups excluding carboxylic acids is 1. The van der Waals surface area contributed by atoms with Crippen LogP contribution in [0, 0.1) is 0 Å². The average molecular weight is 287 g/mol. The Morgan fingerprint density at radius 1 is 1.37 bits per heavy atom. The van der Waals surface area contributed by atoms with Gasteiger partial charge in [-0.3, -0.25) is 4.90 Å². The Morgan fingerprint density at radius 2 is 2.00 bits per heavy atom. The van der Waals surface area contributed by atoms with Crippen molar-refractivity contribution in [3.05, 3.63) is 11.4 Å². The molecule has 8 heteroatoms. The van der Waals surface area contributed by atoms with Crippen LogP contribution in [0.2, 0.25) is 0 Å². The smallest absolute Gasteiger partial charge is 0.410 e. The first-order valence-electron chi connectivity index (χ1n) is 5.82. The van der Waals surface area contributed by atoms with Gasteiger partial charge in [-0.05, 0) is 20.8 Å². The van der Waals surface area contributed by atoms with Gasteiger partial charge in [0.25, 0.3) is 0 Å². The van der Waals surface area contributed by atoms with E-state index in [0.29, 0.717) is 11.4 Å². The van der Waals surface area contributed by atoms with Crippen LogP contribution in [0.15, 0.2) is 5.16 Å². The summed E-state index contributed by atoms with van der Waals surface area (Å²) in [7, 11) is -3.35. The average Bonchev–Trinajstić information content (AvgIpc) is 2.68. The SMILES string of the molecule is CC(C)(C)OC(=O)N1Cc2nc(S(C)(=O)=O)[nH]c2C1. The Bertz CT molecular complexity index is 589. The molecule has 0 bridgehead atoms. The molecule has 1 N–H and O–H groups in total. The van der Waals surface area contributed by atoms with Crippen LogP contribution in [0.3, 0.4) is 0 Å². The number of rotatable bonds is 1. The van der Waals surface area contributed by atoms with Crippen molar-refractivity contribution in [3.63, 3.8) is 0 Å². The summed E-state index contributed by atoms with van der Waals surface area (Å²) in [5.41, 5.74) is 0.663. The molecule has 2 heterocycles. The minimum Gasteiger partial charge on any atom is -0.444 e. The molecule has 0 aromatic carbocycles. The van der Waals surface area contributed by atoms with Crippen molar-refractivity contribution >= 4 is 15.9 Å². The van der Waals surface area contributed by atoms with Gasteiger partial charge in [0.05, 0.1) is 24.5 Å². The maximum Gasteiger partial charge on any atom is 0.410 e. The molecule has 1 aliphatic rings. The van der Waals surface area contributed by atoms with Crippen molar-refractivity contribution in [3.8, 4) is 0 Å². The quantitative estimate of drug-likeness (QED) is 0.834. The van der Waals surface area contributed by atoms with E-state index in [0.717, 1.165) is 6.26 Å². The van der Waals surface area contributed by atoms with Crippen LogP contribution in [0.5, 0.6) is 0 Å². The number of fused-ring (bicyclic) bond motifs is 1. The fourth-order valence-electron chi connectivity index (χ4n) is 1.74. The van der Waals surface area contributed by atoms with Crippen molar-refractivity contribution in [2.24, 2.45) is 0 Å². The number of carbonyl (C=O) groups is 1. The van der Waals surface area contributed by atoms with Gasteiger partial charge in [-0.1, -0.05) is 0 Å². The van der Waals surface area contributed by atoms with E-state index in [2.05, 4.69) is 9.97 Å². The molecule has 1 amide bonds. The number of hydrogen-bond acceptors (Lipinski definition) is 5. The summed E-state index contributed by atoms with van der Waals surface area (Å²) in [4.78, 5) is 20.1. The van der Waals surface area contributed by atoms with Gasteiger partial charge in [0, 0.05) is 6.26 Å². The fourth-order valence-corrected chi connectivity index (χ4v) is 2.32. The van der Waals surface area contributed by atoms with E-state index in [1.165, 1.54) is 4.90 Å². The normalized spacial score (nSPS) is 15.5. The second-order valence-electron chi connectivity index (χ2n) is 5.58. The van der Waals surface area contributed by atoms with Crippen LogP contribution in [0.1, 0.15) is 32.2 Å². The van der Waals surface area contributed by atoms with Crippen molar-refractivity contribution < 1.29 is 17.9 Å². The molecule has 106 valence electrons. The molecule has 1 aromatic rings. The topological polar surface area (TPSA) is 92.4 Å². The highest BCUT2D eigenvalue weighted by molar-refractivity contribution is 7.90. The van der Waals surface area contributed by atoms with Gasteiger partial charge in [0.15, 0.2) is 0 Å². The number of sulfone groups is 1. The highest BCUT2D eigenvalue weighted by Crippen LogP contribution is 2.23. The third-order valence-corrected chi connectivity index (χ3v) is 3.43.